The van der Waals surface area contributed by atoms with Gasteiger partial charge in [-0.1, -0.05) is 24.3 Å². The Hall–Kier alpha value is -0.860. The quantitative estimate of drug-likeness (QED) is 0.670. The molecule has 63 valence electrons. The average molecular weight is 163 g/mol. The molecule has 1 aliphatic heterocycles. The third-order valence-corrected chi connectivity index (χ3v) is 1.86. The lowest BCUT2D eigenvalue weighted by Crippen LogP contribution is -2.35. The molecule has 12 heavy (non-hydrogen) atoms. The lowest BCUT2D eigenvalue weighted by Gasteiger charge is -2.25. The zero-order chi connectivity index (χ0) is 8.23. The van der Waals surface area contributed by atoms with Crippen molar-refractivity contribution in [3.63, 3.8) is 0 Å². The second-order valence-electron chi connectivity index (χ2n) is 2.86. The van der Waals surface area contributed by atoms with Crippen molar-refractivity contribution >= 4 is 0 Å². The van der Waals surface area contributed by atoms with Crippen LogP contribution < -0.4 is 0 Å². The highest BCUT2D eigenvalue weighted by Gasteiger charge is 2.18. The first kappa shape index (κ1) is 7.77. The van der Waals surface area contributed by atoms with Gasteiger partial charge in [-0.3, -0.25) is 0 Å². The van der Waals surface area contributed by atoms with Crippen molar-refractivity contribution < 1.29 is 9.47 Å². The Bertz CT molecular complexity index is 229. The normalized spacial score (nSPS) is 17.3. The molecule has 1 aromatic rings. The molecule has 0 unspecified atom stereocenters. The van der Waals surface area contributed by atoms with Crippen LogP contribution in [0.4, 0.5) is 0 Å². The molecule has 1 radical (unpaired) electrons. The molecule has 1 saturated heterocycles. The van der Waals surface area contributed by atoms with Crippen molar-refractivity contribution in [1.82, 2.24) is 0 Å². The molecule has 1 aromatic carbocycles. The maximum Gasteiger partial charge on any atom is 0.105 e. The molecule has 0 amide bonds. The molecule has 2 heteroatoms. The van der Waals surface area contributed by atoms with Gasteiger partial charge < -0.3 is 9.47 Å². The smallest absolute Gasteiger partial charge is 0.105 e. The average Bonchev–Trinajstić information content (AvgIpc) is 2.04. The summed E-state index contributed by atoms with van der Waals surface area (Å²) in [6, 6.07) is 11.0. The standard InChI is InChI=1S/C10H11O2/c1-2-4-9(5-3-1)6-12-10-7-11-8-10/h1-4,10H,6-8H2. The van der Waals surface area contributed by atoms with E-state index >= 15 is 0 Å². The lowest BCUT2D eigenvalue weighted by atomic mass is 10.2. The van der Waals surface area contributed by atoms with Gasteiger partial charge in [-0.2, -0.15) is 0 Å². The summed E-state index contributed by atoms with van der Waals surface area (Å²) in [4.78, 5) is 0. The van der Waals surface area contributed by atoms with E-state index in [2.05, 4.69) is 6.07 Å². The predicted molar refractivity (Wildman–Crippen MR) is 44.7 cm³/mol. The van der Waals surface area contributed by atoms with Gasteiger partial charge in [0, 0.05) is 0 Å². The van der Waals surface area contributed by atoms with Gasteiger partial charge in [-0.25, -0.2) is 0 Å². The van der Waals surface area contributed by atoms with Crippen molar-refractivity contribution in [3.8, 4) is 0 Å². The molecule has 2 rings (SSSR count). The first-order valence-electron chi connectivity index (χ1n) is 4.10. The van der Waals surface area contributed by atoms with E-state index in [1.807, 2.05) is 24.3 Å². The Morgan fingerprint density at radius 1 is 1.50 bits per heavy atom. The summed E-state index contributed by atoms with van der Waals surface area (Å²) < 4.78 is 10.5. The molecule has 1 heterocycles. The minimum absolute atomic E-state index is 0.304. The molecule has 1 aliphatic rings. The van der Waals surface area contributed by atoms with Crippen LogP contribution in [0.25, 0.3) is 0 Å². The third-order valence-electron chi connectivity index (χ3n) is 1.86. The van der Waals surface area contributed by atoms with Crippen LogP contribution in [0.15, 0.2) is 24.3 Å². The van der Waals surface area contributed by atoms with Crippen LogP contribution in [0.3, 0.4) is 0 Å². The summed E-state index contributed by atoms with van der Waals surface area (Å²) in [6.07, 6.45) is 0.304. The number of rotatable bonds is 3. The fourth-order valence-corrected chi connectivity index (χ4v) is 1.04. The molecular formula is C10H11O2. The van der Waals surface area contributed by atoms with E-state index in [1.165, 1.54) is 0 Å². The van der Waals surface area contributed by atoms with Crippen LogP contribution in [-0.2, 0) is 16.1 Å². The number of ether oxygens (including phenoxy) is 2. The van der Waals surface area contributed by atoms with E-state index in [1.54, 1.807) is 0 Å². The second kappa shape index (κ2) is 3.70. The number of hydrogen-bond donors (Lipinski definition) is 0. The van der Waals surface area contributed by atoms with E-state index < -0.39 is 0 Å². The van der Waals surface area contributed by atoms with Gasteiger partial charge in [0.15, 0.2) is 0 Å². The van der Waals surface area contributed by atoms with E-state index in [0.29, 0.717) is 12.7 Å². The van der Waals surface area contributed by atoms with Gasteiger partial charge in [0.2, 0.25) is 0 Å². The zero-order valence-electron chi connectivity index (χ0n) is 6.82. The van der Waals surface area contributed by atoms with Gasteiger partial charge in [0.05, 0.1) is 19.8 Å². The molecule has 0 spiro atoms. The third kappa shape index (κ3) is 1.84. The monoisotopic (exact) mass is 163 g/mol. The first-order chi connectivity index (χ1) is 5.95. The maximum absolute atomic E-state index is 5.51. The molecule has 0 atom stereocenters. The fraction of sp³-hybridized carbons (Fsp3) is 0.400. The summed E-state index contributed by atoms with van der Waals surface area (Å²) in [7, 11) is 0. The van der Waals surface area contributed by atoms with Crippen LogP contribution in [0.5, 0.6) is 0 Å². The predicted octanol–water partition coefficient (Wildman–Crippen LogP) is 1.40. The fourth-order valence-electron chi connectivity index (χ4n) is 1.04. The highest BCUT2D eigenvalue weighted by molar-refractivity contribution is 5.11. The van der Waals surface area contributed by atoms with Crippen LogP contribution >= 0.6 is 0 Å². The van der Waals surface area contributed by atoms with Gasteiger partial charge in [-0.15, -0.1) is 0 Å². The molecule has 2 nitrogen and oxygen atoms in total. The van der Waals surface area contributed by atoms with Crippen molar-refractivity contribution in [2.75, 3.05) is 13.2 Å². The Kier molecular flexibility index (Phi) is 2.39. The van der Waals surface area contributed by atoms with Crippen LogP contribution in [0, 0.1) is 6.07 Å². The zero-order valence-corrected chi connectivity index (χ0v) is 6.82. The molecule has 1 fully saturated rings. The Morgan fingerprint density at radius 3 is 3.00 bits per heavy atom. The van der Waals surface area contributed by atoms with E-state index in [-0.39, 0.29) is 0 Å². The minimum atomic E-state index is 0.304. The van der Waals surface area contributed by atoms with Crippen LogP contribution in [-0.4, -0.2) is 19.3 Å². The van der Waals surface area contributed by atoms with Gasteiger partial charge in [0.1, 0.15) is 6.10 Å². The topological polar surface area (TPSA) is 18.5 Å². The Labute approximate surface area is 72.1 Å². The van der Waals surface area contributed by atoms with Crippen LogP contribution in [0.1, 0.15) is 5.56 Å². The van der Waals surface area contributed by atoms with E-state index in [9.17, 15) is 0 Å². The summed E-state index contributed by atoms with van der Waals surface area (Å²) in [5, 5.41) is 0. The highest BCUT2D eigenvalue weighted by atomic mass is 16.6. The molecule has 0 bridgehead atoms. The van der Waals surface area contributed by atoms with E-state index in [0.717, 1.165) is 18.8 Å². The largest absolute Gasteiger partial charge is 0.376 e. The molecular weight excluding hydrogens is 152 g/mol. The van der Waals surface area contributed by atoms with Crippen molar-refractivity contribution in [2.24, 2.45) is 0 Å². The maximum atomic E-state index is 5.51. The molecule has 0 aromatic heterocycles. The number of benzene rings is 1. The first-order valence-corrected chi connectivity index (χ1v) is 4.10. The van der Waals surface area contributed by atoms with E-state index in [4.69, 9.17) is 9.47 Å². The summed E-state index contributed by atoms with van der Waals surface area (Å²) in [5.74, 6) is 0. The SMILES string of the molecule is [c]1ccccc1COC1COC1. The molecule has 0 aliphatic carbocycles. The van der Waals surface area contributed by atoms with Crippen molar-refractivity contribution in [1.29, 1.82) is 0 Å². The van der Waals surface area contributed by atoms with Crippen LogP contribution in [0.2, 0.25) is 0 Å². The van der Waals surface area contributed by atoms with Gasteiger partial charge in [0.25, 0.3) is 0 Å². The second-order valence-corrected chi connectivity index (χ2v) is 2.86. The molecule has 0 N–H and O–H groups in total. The highest BCUT2D eigenvalue weighted by Crippen LogP contribution is 2.08. The summed E-state index contributed by atoms with van der Waals surface area (Å²) in [6.45, 7) is 2.13. The lowest BCUT2D eigenvalue weighted by molar-refractivity contribution is -0.135. The Balaban J connectivity index is 1.79. The summed E-state index contributed by atoms with van der Waals surface area (Å²) >= 11 is 0. The minimum Gasteiger partial charge on any atom is -0.376 e. The van der Waals surface area contributed by atoms with Gasteiger partial charge >= 0.3 is 0 Å². The van der Waals surface area contributed by atoms with Crippen molar-refractivity contribution in [3.05, 3.63) is 35.9 Å². The number of hydrogen-bond acceptors (Lipinski definition) is 2. The summed E-state index contributed by atoms with van der Waals surface area (Å²) in [5.41, 5.74) is 1.10. The molecule has 0 saturated carbocycles. The van der Waals surface area contributed by atoms with Gasteiger partial charge in [-0.05, 0) is 11.6 Å². The van der Waals surface area contributed by atoms with Crippen molar-refractivity contribution in [2.45, 2.75) is 12.7 Å². The Morgan fingerprint density at radius 2 is 2.42 bits per heavy atom.